The zero-order chi connectivity index (χ0) is 28.8. The van der Waals surface area contributed by atoms with Gasteiger partial charge in [0, 0.05) is 25.2 Å². The molecule has 2 atom stereocenters. The molecule has 1 aromatic heterocycles. The van der Waals surface area contributed by atoms with Gasteiger partial charge in [-0.2, -0.15) is 0 Å². The third-order valence-electron chi connectivity index (χ3n) is 7.13. The largest absolute Gasteiger partial charge is 0.493 e. The second-order valence-corrected chi connectivity index (χ2v) is 11.5. The van der Waals surface area contributed by atoms with Crippen LogP contribution in [-0.4, -0.2) is 58.6 Å². The highest BCUT2D eigenvalue weighted by atomic mass is 32.2. The average molecular weight is 573 g/mol. The lowest BCUT2D eigenvalue weighted by Gasteiger charge is -2.34. The van der Waals surface area contributed by atoms with Gasteiger partial charge in [-0.15, -0.1) is 10.2 Å². The molecule has 1 aliphatic heterocycles. The van der Waals surface area contributed by atoms with Crippen molar-refractivity contribution in [1.29, 1.82) is 0 Å². The molecular formula is C32H36N4O4S. The SMILES string of the molecule is COc1ccc(Cc2nnc(SCC(=O)N3CC(C)CC(C)C3)n2-c2ccc(Oc3ccccc3)cc2)cc1OC. The summed E-state index contributed by atoms with van der Waals surface area (Å²) < 4.78 is 18.9. The number of carbonyl (C=O) groups excluding carboxylic acids is 1. The number of hydrogen-bond acceptors (Lipinski definition) is 7. The molecule has 1 amide bonds. The van der Waals surface area contributed by atoms with Gasteiger partial charge in [-0.25, -0.2) is 0 Å². The van der Waals surface area contributed by atoms with E-state index in [1.165, 1.54) is 11.8 Å². The van der Waals surface area contributed by atoms with Gasteiger partial charge in [0.05, 0.1) is 20.0 Å². The number of hydrogen-bond donors (Lipinski definition) is 0. The maximum absolute atomic E-state index is 13.2. The van der Waals surface area contributed by atoms with E-state index < -0.39 is 0 Å². The van der Waals surface area contributed by atoms with Crippen molar-refractivity contribution in [2.24, 2.45) is 11.8 Å². The first kappa shape index (κ1) is 28.5. The highest BCUT2D eigenvalue weighted by molar-refractivity contribution is 7.99. The zero-order valence-corrected chi connectivity index (χ0v) is 24.8. The number of para-hydroxylation sites is 1. The predicted molar refractivity (Wildman–Crippen MR) is 160 cm³/mol. The van der Waals surface area contributed by atoms with Crippen LogP contribution in [0.25, 0.3) is 5.69 Å². The summed E-state index contributed by atoms with van der Waals surface area (Å²) in [7, 11) is 3.24. The van der Waals surface area contributed by atoms with Crippen LogP contribution in [0.1, 0.15) is 31.7 Å². The van der Waals surface area contributed by atoms with E-state index in [2.05, 4.69) is 24.0 Å². The van der Waals surface area contributed by atoms with Crippen molar-refractivity contribution in [1.82, 2.24) is 19.7 Å². The van der Waals surface area contributed by atoms with E-state index in [-0.39, 0.29) is 5.91 Å². The second kappa shape index (κ2) is 13.1. The predicted octanol–water partition coefficient (Wildman–Crippen LogP) is 6.26. The molecule has 0 aliphatic carbocycles. The molecule has 2 heterocycles. The van der Waals surface area contributed by atoms with Crippen LogP contribution >= 0.6 is 11.8 Å². The molecule has 214 valence electrons. The monoisotopic (exact) mass is 572 g/mol. The van der Waals surface area contributed by atoms with Crippen molar-refractivity contribution in [3.8, 4) is 28.7 Å². The number of amides is 1. The summed E-state index contributed by atoms with van der Waals surface area (Å²) in [6.07, 6.45) is 1.68. The Labute approximate surface area is 245 Å². The van der Waals surface area contributed by atoms with Gasteiger partial charge in [0.1, 0.15) is 17.3 Å². The lowest BCUT2D eigenvalue weighted by atomic mass is 9.92. The Hall–Kier alpha value is -3.98. The second-order valence-electron chi connectivity index (χ2n) is 10.5. The molecule has 1 fully saturated rings. The van der Waals surface area contributed by atoms with E-state index in [0.717, 1.165) is 48.1 Å². The van der Waals surface area contributed by atoms with Crippen molar-refractivity contribution < 1.29 is 19.0 Å². The fourth-order valence-electron chi connectivity index (χ4n) is 5.31. The lowest BCUT2D eigenvalue weighted by Crippen LogP contribution is -2.43. The molecule has 1 aliphatic rings. The first-order valence-electron chi connectivity index (χ1n) is 13.8. The van der Waals surface area contributed by atoms with E-state index in [1.54, 1.807) is 14.2 Å². The number of ether oxygens (including phenoxy) is 3. The Bertz CT molecular complexity index is 1450. The van der Waals surface area contributed by atoms with Crippen LogP contribution in [0.15, 0.2) is 78.0 Å². The maximum Gasteiger partial charge on any atom is 0.233 e. The van der Waals surface area contributed by atoms with Crippen molar-refractivity contribution in [2.45, 2.75) is 31.8 Å². The molecular weight excluding hydrogens is 536 g/mol. The summed E-state index contributed by atoms with van der Waals surface area (Å²) in [5.74, 6) is 5.05. The number of carbonyl (C=O) groups is 1. The number of methoxy groups -OCH3 is 2. The Morgan fingerprint density at radius 2 is 1.56 bits per heavy atom. The van der Waals surface area contributed by atoms with Crippen LogP contribution in [0.4, 0.5) is 0 Å². The Morgan fingerprint density at radius 3 is 2.24 bits per heavy atom. The van der Waals surface area contributed by atoms with Gasteiger partial charge in [0.15, 0.2) is 16.7 Å². The molecule has 5 rings (SSSR count). The van der Waals surface area contributed by atoms with Gasteiger partial charge in [0.25, 0.3) is 0 Å². The Morgan fingerprint density at radius 1 is 0.878 bits per heavy atom. The highest BCUT2D eigenvalue weighted by Crippen LogP contribution is 2.31. The van der Waals surface area contributed by atoms with Crippen molar-refractivity contribution >= 4 is 17.7 Å². The normalized spacial score (nSPS) is 16.8. The number of piperidine rings is 1. The topological polar surface area (TPSA) is 78.7 Å². The third-order valence-corrected chi connectivity index (χ3v) is 8.04. The van der Waals surface area contributed by atoms with Gasteiger partial charge in [0.2, 0.25) is 5.91 Å². The lowest BCUT2D eigenvalue weighted by molar-refractivity contribution is -0.130. The molecule has 41 heavy (non-hydrogen) atoms. The molecule has 0 saturated carbocycles. The minimum Gasteiger partial charge on any atom is -0.493 e. The van der Waals surface area contributed by atoms with Crippen molar-refractivity contribution in [3.05, 3.63) is 84.2 Å². The molecule has 8 nitrogen and oxygen atoms in total. The van der Waals surface area contributed by atoms with Gasteiger partial charge in [-0.1, -0.05) is 49.9 Å². The number of thioether (sulfide) groups is 1. The van der Waals surface area contributed by atoms with Crippen LogP contribution in [0.5, 0.6) is 23.0 Å². The molecule has 2 unspecified atom stereocenters. The van der Waals surface area contributed by atoms with Crippen LogP contribution in [-0.2, 0) is 11.2 Å². The van der Waals surface area contributed by atoms with E-state index in [9.17, 15) is 4.79 Å². The summed E-state index contributed by atoms with van der Waals surface area (Å²) in [4.78, 5) is 15.2. The van der Waals surface area contributed by atoms with E-state index in [1.807, 2.05) is 82.3 Å². The molecule has 4 aromatic rings. The highest BCUT2D eigenvalue weighted by Gasteiger charge is 2.26. The standard InChI is InChI=1S/C32H36N4O4S/c1-22-16-23(2)20-35(19-22)31(37)21-41-32-34-33-30(18-24-10-15-28(38-3)29(17-24)39-4)36(32)25-11-13-27(14-12-25)40-26-8-6-5-7-9-26/h5-15,17,22-23H,16,18-21H2,1-4H3. The molecule has 9 heteroatoms. The first-order chi connectivity index (χ1) is 19.9. The van der Waals surface area contributed by atoms with Crippen LogP contribution in [0, 0.1) is 11.8 Å². The number of nitrogens with zero attached hydrogens (tertiary/aromatic N) is 4. The number of likely N-dealkylation sites (tertiary alicyclic amines) is 1. The zero-order valence-electron chi connectivity index (χ0n) is 23.9. The van der Waals surface area contributed by atoms with Gasteiger partial charge in [-0.05, 0) is 72.4 Å². The van der Waals surface area contributed by atoms with Crippen LogP contribution < -0.4 is 14.2 Å². The number of aromatic nitrogens is 3. The van der Waals surface area contributed by atoms with Gasteiger partial charge in [-0.3, -0.25) is 9.36 Å². The third kappa shape index (κ3) is 7.03. The number of rotatable bonds is 10. The molecule has 0 radical (unpaired) electrons. The van der Waals surface area contributed by atoms with E-state index in [4.69, 9.17) is 14.2 Å². The minimum absolute atomic E-state index is 0.135. The van der Waals surface area contributed by atoms with Crippen LogP contribution in [0.2, 0.25) is 0 Å². The molecule has 3 aromatic carbocycles. The molecule has 0 spiro atoms. The summed E-state index contributed by atoms with van der Waals surface area (Å²) in [5, 5.41) is 9.74. The minimum atomic E-state index is 0.135. The van der Waals surface area contributed by atoms with Gasteiger partial charge < -0.3 is 19.1 Å². The molecule has 0 bridgehead atoms. The van der Waals surface area contributed by atoms with Crippen molar-refractivity contribution in [3.63, 3.8) is 0 Å². The smallest absolute Gasteiger partial charge is 0.233 e. The first-order valence-corrected chi connectivity index (χ1v) is 14.8. The average Bonchev–Trinajstić information content (AvgIpc) is 3.38. The fourth-order valence-corrected chi connectivity index (χ4v) is 6.19. The molecule has 0 N–H and O–H groups in total. The summed E-state index contributed by atoms with van der Waals surface area (Å²) in [6, 6.07) is 23.3. The Balaban J connectivity index is 1.40. The number of benzene rings is 3. The summed E-state index contributed by atoms with van der Waals surface area (Å²) in [6.45, 7) is 6.05. The quantitative estimate of drug-likeness (QED) is 0.208. The Kier molecular flexibility index (Phi) is 9.14. The van der Waals surface area contributed by atoms with Crippen molar-refractivity contribution in [2.75, 3.05) is 33.1 Å². The fraction of sp³-hybridized carbons (Fsp3) is 0.344. The maximum atomic E-state index is 13.2. The van der Waals surface area contributed by atoms with E-state index >= 15 is 0 Å². The van der Waals surface area contributed by atoms with Crippen LogP contribution in [0.3, 0.4) is 0 Å². The molecule has 1 saturated heterocycles. The summed E-state index contributed by atoms with van der Waals surface area (Å²) in [5.41, 5.74) is 1.89. The van der Waals surface area contributed by atoms with E-state index in [0.29, 0.717) is 40.7 Å². The van der Waals surface area contributed by atoms with Gasteiger partial charge >= 0.3 is 0 Å². The summed E-state index contributed by atoms with van der Waals surface area (Å²) >= 11 is 1.42.